The van der Waals surface area contributed by atoms with Gasteiger partial charge in [-0.15, -0.1) is 0 Å². The normalized spacial score (nSPS) is 40.1. The van der Waals surface area contributed by atoms with Crippen LogP contribution in [0.5, 0.6) is 0 Å². The molecule has 1 heteroatoms. The van der Waals surface area contributed by atoms with Crippen molar-refractivity contribution in [2.45, 2.75) is 98.0 Å². The van der Waals surface area contributed by atoms with Gasteiger partial charge in [-0.3, -0.25) is 0 Å². The van der Waals surface area contributed by atoms with E-state index in [1.54, 1.807) is 0 Å². The van der Waals surface area contributed by atoms with E-state index < -0.39 is 0 Å². The first-order valence-corrected chi connectivity index (χ1v) is 10.2. The Balaban J connectivity index is 1.91. The highest BCUT2D eigenvalue weighted by atomic mass is 16.3. The van der Waals surface area contributed by atoms with Crippen molar-refractivity contribution in [2.24, 2.45) is 35.5 Å². The number of unbranched alkanes of at least 4 members (excludes halogenated alkanes) is 2. The molecule has 2 fully saturated rings. The molecule has 0 saturated heterocycles. The van der Waals surface area contributed by atoms with Crippen molar-refractivity contribution in [1.82, 2.24) is 0 Å². The lowest BCUT2D eigenvalue weighted by Crippen LogP contribution is -2.41. The predicted molar refractivity (Wildman–Crippen MR) is 95.8 cm³/mol. The van der Waals surface area contributed by atoms with Crippen LogP contribution in [0, 0.1) is 35.5 Å². The average molecular weight is 309 g/mol. The number of hydrogen-bond acceptors (Lipinski definition) is 1. The van der Waals surface area contributed by atoms with E-state index in [4.69, 9.17) is 0 Å². The molecule has 0 aromatic rings. The van der Waals surface area contributed by atoms with Crippen LogP contribution in [-0.4, -0.2) is 11.2 Å². The van der Waals surface area contributed by atoms with Gasteiger partial charge < -0.3 is 5.11 Å². The van der Waals surface area contributed by atoms with Crippen molar-refractivity contribution in [2.75, 3.05) is 0 Å². The van der Waals surface area contributed by atoms with Gasteiger partial charge in [-0.1, -0.05) is 59.8 Å². The van der Waals surface area contributed by atoms with Crippen LogP contribution in [0.25, 0.3) is 0 Å². The minimum atomic E-state index is -0.0167. The molecular formula is C21H40O. The molecule has 2 aliphatic carbocycles. The molecule has 2 saturated carbocycles. The molecule has 1 N–H and O–H groups in total. The summed E-state index contributed by atoms with van der Waals surface area (Å²) >= 11 is 0. The smallest absolute Gasteiger partial charge is 0.0573 e. The molecule has 0 aromatic heterocycles. The monoisotopic (exact) mass is 308 g/mol. The van der Waals surface area contributed by atoms with E-state index >= 15 is 0 Å². The summed E-state index contributed by atoms with van der Waals surface area (Å²) in [4.78, 5) is 0. The molecule has 0 aliphatic heterocycles. The molecule has 0 aromatic carbocycles. The van der Waals surface area contributed by atoms with Crippen LogP contribution in [0.2, 0.25) is 0 Å². The lowest BCUT2D eigenvalue weighted by molar-refractivity contribution is -0.0295. The third-order valence-corrected chi connectivity index (χ3v) is 6.82. The minimum absolute atomic E-state index is 0.0167. The summed E-state index contributed by atoms with van der Waals surface area (Å²) < 4.78 is 0. The molecule has 4 unspecified atom stereocenters. The quantitative estimate of drug-likeness (QED) is 0.592. The SMILES string of the molecule is CCCCCC1CCC([C@@H]2CC(C)CC[C@H]2C(C)C)C(O)C1. The standard InChI is InChI=1S/C21H40O/c1-5-6-7-8-17-10-12-19(21(22)14-17)20-13-16(4)9-11-18(20)15(2)3/h15-22H,5-14H2,1-4H3/t16?,17?,18-,19?,20+,21?/m0/s1. The molecule has 0 bridgehead atoms. The first-order valence-electron chi connectivity index (χ1n) is 10.2. The summed E-state index contributed by atoms with van der Waals surface area (Å²) in [6, 6.07) is 0. The molecule has 1 nitrogen and oxygen atoms in total. The van der Waals surface area contributed by atoms with Gasteiger partial charge in [-0.2, -0.15) is 0 Å². The van der Waals surface area contributed by atoms with E-state index in [9.17, 15) is 5.11 Å². The number of aliphatic hydroxyl groups excluding tert-OH is 1. The molecule has 130 valence electrons. The maximum Gasteiger partial charge on any atom is 0.0573 e. The topological polar surface area (TPSA) is 20.2 Å². The molecule has 0 amide bonds. The highest BCUT2D eigenvalue weighted by molar-refractivity contribution is 4.91. The van der Waals surface area contributed by atoms with E-state index in [0.717, 1.165) is 36.0 Å². The van der Waals surface area contributed by atoms with Gasteiger partial charge in [0.15, 0.2) is 0 Å². The highest BCUT2D eigenvalue weighted by Crippen LogP contribution is 2.47. The van der Waals surface area contributed by atoms with Crippen LogP contribution in [0.3, 0.4) is 0 Å². The number of aliphatic hydroxyl groups is 1. The Labute approximate surface area is 139 Å². The van der Waals surface area contributed by atoms with Crippen molar-refractivity contribution in [3.63, 3.8) is 0 Å². The Kier molecular flexibility index (Phi) is 7.25. The zero-order valence-corrected chi connectivity index (χ0v) is 15.6. The van der Waals surface area contributed by atoms with Crippen LogP contribution in [0.1, 0.15) is 91.9 Å². The fraction of sp³-hybridized carbons (Fsp3) is 1.00. The second-order valence-corrected chi connectivity index (χ2v) is 8.90. The third kappa shape index (κ3) is 4.73. The molecular weight excluding hydrogens is 268 g/mol. The first-order chi connectivity index (χ1) is 10.5. The van der Waals surface area contributed by atoms with Crippen LogP contribution in [-0.2, 0) is 0 Å². The van der Waals surface area contributed by atoms with E-state index in [-0.39, 0.29) is 6.10 Å². The lowest BCUT2D eigenvalue weighted by atomic mass is 9.61. The number of rotatable bonds is 6. The summed E-state index contributed by atoms with van der Waals surface area (Å²) in [5.41, 5.74) is 0. The molecule has 0 spiro atoms. The summed E-state index contributed by atoms with van der Waals surface area (Å²) in [7, 11) is 0. The summed E-state index contributed by atoms with van der Waals surface area (Å²) in [6.45, 7) is 9.50. The fourth-order valence-electron chi connectivity index (χ4n) is 5.47. The van der Waals surface area contributed by atoms with Crippen LogP contribution >= 0.6 is 0 Å². The Morgan fingerprint density at radius 1 is 0.955 bits per heavy atom. The zero-order chi connectivity index (χ0) is 16.1. The van der Waals surface area contributed by atoms with Gasteiger partial charge in [0, 0.05) is 0 Å². The first kappa shape index (κ1) is 18.3. The highest BCUT2D eigenvalue weighted by Gasteiger charge is 2.41. The third-order valence-electron chi connectivity index (χ3n) is 6.82. The van der Waals surface area contributed by atoms with Gasteiger partial charge in [-0.05, 0) is 67.6 Å². The van der Waals surface area contributed by atoms with Gasteiger partial charge in [0.2, 0.25) is 0 Å². The van der Waals surface area contributed by atoms with Gasteiger partial charge in [0.05, 0.1) is 6.10 Å². The van der Waals surface area contributed by atoms with Gasteiger partial charge >= 0.3 is 0 Å². The largest absolute Gasteiger partial charge is 0.393 e. The fourth-order valence-corrected chi connectivity index (χ4v) is 5.47. The van der Waals surface area contributed by atoms with E-state index in [1.807, 2.05) is 0 Å². The van der Waals surface area contributed by atoms with Crippen molar-refractivity contribution in [3.8, 4) is 0 Å². The van der Waals surface area contributed by atoms with Crippen molar-refractivity contribution in [3.05, 3.63) is 0 Å². The van der Waals surface area contributed by atoms with Crippen LogP contribution < -0.4 is 0 Å². The van der Waals surface area contributed by atoms with E-state index in [0.29, 0.717) is 5.92 Å². The lowest BCUT2D eigenvalue weighted by Gasteiger charge is -2.46. The molecule has 2 rings (SSSR count). The average Bonchev–Trinajstić information content (AvgIpc) is 2.47. The van der Waals surface area contributed by atoms with Gasteiger partial charge in [0.25, 0.3) is 0 Å². The Morgan fingerprint density at radius 2 is 1.73 bits per heavy atom. The molecule has 22 heavy (non-hydrogen) atoms. The zero-order valence-electron chi connectivity index (χ0n) is 15.6. The summed E-state index contributed by atoms with van der Waals surface area (Å²) in [5.74, 6) is 4.69. The van der Waals surface area contributed by atoms with E-state index in [1.165, 1.54) is 57.8 Å². The second-order valence-electron chi connectivity index (χ2n) is 8.90. The molecule has 0 heterocycles. The molecule has 6 atom stereocenters. The predicted octanol–water partition coefficient (Wildman–Crippen LogP) is 6.05. The Bertz CT molecular complexity index is 311. The molecule has 0 radical (unpaired) electrons. The van der Waals surface area contributed by atoms with Gasteiger partial charge in [-0.25, -0.2) is 0 Å². The van der Waals surface area contributed by atoms with Crippen LogP contribution in [0.4, 0.5) is 0 Å². The van der Waals surface area contributed by atoms with E-state index in [2.05, 4.69) is 27.7 Å². The van der Waals surface area contributed by atoms with Gasteiger partial charge in [0.1, 0.15) is 0 Å². The van der Waals surface area contributed by atoms with Crippen LogP contribution in [0.15, 0.2) is 0 Å². The summed E-state index contributed by atoms with van der Waals surface area (Å²) in [5, 5.41) is 10.8. The Morgan fingerprint density at radius 3 is 2.36 bits per heavy atom. The maximum absolute atomic E-state index is 10.8. The second kappa shape index (κ2) is 8.71. The molecule has 2 aliphatic rings. The maximum atomic E-state index is 10.8. The van der Waals surface area contributed by atoms with Crippen molar-refractivity contribution in [1.29, 1.82) is 0 Å². The van der Waals surface area contributed by atoms with Crippen molar-refractivity contribution >= 4 is 0 Å². The Hall–Kier alpha value is -0.0400. The van der Waals surface area contributed by atoms with Crippen molar-refractivity contribution < 1.29 is 5.11 Å². The summed E-state index contributed by atoms with van der Waals surface area (Å²) in [6.07, 6.45) is 13.3. The number of hydrogen-bond donors (Lipinski definition) is 1. The minimum Gasteiger partial charge on any atom is -0.393 e.